The molecule has 92 valence electrons. The Bertz CT molecular complexity index is 346. The minimum absolute atomic E-state index is 0.687. The fourth-order valence-electron chi connectivity index (χ4n) is 2.78. The maximum atomic E-state index is 6.79. The molecule has 0 aliphatic heterocycles. The minimum Gasteiger partial charge on any atom is -0.171 e. The molecule has 0 N–H and O–H groups in total. The molecule has 0 amide bonds. The van der Waals surface area contributed by atoms with Gasteiger partial charge in [0.15, 0.2) is 0 Å². The Morgan fingerprint density at radius 3 is 1.38 bits per heavy atom. The van der Waals surface area contributed by atoms with Crippen LogP contribution in [0.1, 0.15) is 27.7 Å². The highest BCUT2D eigenvalue weighted by atomic mass is 35.6. The quantitative estimate of drug-likeness (QED) is 0.474. The topological polar surface area (TPSA) is 0 Å². The van der Waals surface area contributed by atoms with Crippen molar-refractivity contribution in [3.8, 4) is 0 Å². The molecule has 0 unspecified atom stereocenters. The Morgan fingerprint density at radius 2 is 1.12 bits per heavy atom. The zero-order valence-electron chi connectivity index (χ0n) is 12.0. The van der Waals surface area contributed by atoms with Crippen LogP contribution in [0, 0.1) is 0 Å². The van der Waals surface area contributed by atoms with E-state index in [0.29, 0.717) is 5.54 Å². The molecule has 0 fully saturated rings. The number of hydrogen-bond donors (Lipinski definition) is 0. The average molecular weight is 273 g/mol. The van der Waals surface area contributed by atoms with Gasteiger partial charge in [0, 0.05) is 0 Å². The van der Waals surface area contributed by atoms with Gasteiger partial charge in [0.1, 0.15) is 6.90 Å². The highest BCUT2D eigenvalue weighted by molar-refractivity contribution is 7.58. The monoisotopic (exact) mass is 272 g/mol. The fourth-order valence-corrected chi connectivity index (χ4v) is 10.4. The summed E-state index contributed by atoms with van der Waals surface area (Å²) in [5.74, 6) is 0. The van der Waals surface area contributed by atoms with Crippen LogP contribution in [0.2, 0.25) is 31.7 Å². The van der Waals surface area contributed by atoms with Crippen LogP contribution in [0.5, 0.6) is 0 Å². The molecule has 0 spiro atoms. The van der Waals surface area contributed by atoms with E-state index in [0.717, 1.165) is 0 Å². The Hall–Kier alpha value is 0.204. The summed E-state index contributed by atoms with van der Waals surface area (Å²) in [5, 5.41) is 0. The number of halogens is 1. The number of rotatable bonds is 2. The second-order valence-electron chi connectivity index (χ2n) is 6.24. The highest BCUT2D eigenvalue weighted by Crippen LogP contribution is 2.49. The molecular weight excluding hydrogens is 248 g/mol. The van der Waals surface area contributed by atoms with Gasteiger partial charge in [-0.2, -0.15) is 11.1 Å². The first kappa shape index (κ1) is 14.3. The molecule has 0 atom stereocenters. The molecule has 0 saturated carbocycles. The van der Waals surface area contributed by atoms with Gasteiger partial charge in [-0.25, -0.2) is 0 Å². The third-order valence-corrected chi connectivity index (χ3v) is 24.7. The van der Waals surface area contributed by atoms with E-state index < -0.39 is 14.5 Å². The van der Waals surface area contributed by atoms with E-state index >= 15 is 0 Å². The summed E-state index contributed by atoms with van der Waals surface area (Å²) < 4.78 is 0. The van der Waals surface area contributed by atoms with E-state index in [1.807, 2.05) is 0 Å². The van der Waals surface area contributed by atoms with Crippen LogP contribution >= 0.6 is 11.1 Å². The summed E-state index contributed by atoms with van der Waals surface area (Å²) in [6, 6.07) is 0. The lowest BCUT2D eigenvalue weighted by atomic mass is 10.1. The summed E-state index contributed by atoms with van der Waals surface area (Å²) in [6.45, 7) is 17.2. The lowest BCUT2D eigenvalue weighted by Crippen LogP contribution is -2.54. The second-order valence-corrected chi connectivity index (χ2v) is 24.6. The molecule has 0 radical (unpaired) electrons. The first-order valence-corrected chi connectivity index (χ1v) is 14.1. The maximum Gasteiger partial charge on any atom is 0.141 e. The zero-order valence-corrected chi connectivity index (χ0v) is 14.7. The molecule has 16 heavy (non-hydrogen) atoms. The van der Waals surface area contributed by atoms with Gasteiger partial charge in [-0.3, -0.25) is 0 Å². The van der Waals surface area contributed by atoms with E-state index in [2.05, 4.69) is 53.9 Å². The van der Waals surface area contributed by atoms with Crippen LogP contribution in [-0.2, 0) is 0 Å². The lowest BCUT2D eigenvalue weighted by Gasteiger charge is -2.40. The van der Waals surface area contributed by atoms with E-state index in [-0.39, 0.29) is 0 Å². The molecule has 0 aromatic carbocycles. The van der Waals surface area contributed by atoms with Crippen molar-refractivity contribution in [2.75, 3.05) is 0 Å². The van der Waals surface area contributed by atoms with Crippen LogP contribution in [-0.4, -0.2) is 14.5 Å². The van der Waals surface area contributed by atoms with E-state index in [1.54, 1.807) is 11.1 Å². The average Bonchev–Trinajstić information content (AvgIpc) is 2.29. The van der Waals surface area contributed by atoms with Crippen molar-refractivity contribution in [1.29, 1.82) is 0 Å². The van der Waals surface area contributed by atoms with Gasteiger partial charge >= 0.3 is 0 Å². The second kappa shape index (κ2) is 4.14. The molecule has 0 heterocycles. The third kappa shape index (κ3) is 2.00. The third-order valence-electron chi connectivity index (χ3n) is 4.87. The fraction of sp³-hybridized carbons (Fsp3) is 0.692. The van der Waals surface area contributed by atoms with Crippen molar-refractivity contribution in [2.24, 2.45) is 0 Å². The largest absolute Gasteiger partial charge is 0.171 e. The Labute approximate surface area is 107 Å². The lowest BCUT2D eigenvalue weighted by molar-refractivity contribution is 1.08. The minimum atomic E-state index is -1.55. The summed E-state index contributed by atoms with van der Waals surface area (Å²) in [7, 11) is -1.39. The molecule has 0 saturated heterocycles. The summed E-state index contributed by atoms with van der Waals surface area (Å²) in [5.41, 5.74) is 6.89. The highest BCUT2D eigenvalue weighted by Gasteiger charge is 2.49. The standard InChI is InChI=1S/C13H25ClSi2/c1-9-10(2)12(4)13(11(9)3)15(5,6)16(7,8)14/h13H,1-8H3. The zero-order chi connectivity index (χ0) is 12.9. The Morgan fingerprint density at radius 1 is 0.812 bits per heavy atom. The Kier molecular flexibility index (Phi) is 3.70. The molecule has 0 aromatic rings. The predicted octanol–water partition coefficient (Wildman–Crippen LogP) is 5.27. The molecule has 0 bridgehead atoms. The van der Waals surface area contributed by atoms with Crippen molar-refractivity contribution in [1.82, 2.24) is 0 Å². The summed E-state index contributed by atoms with van der Waals surface area (Å²) in [6.07, 6.45) is 0. The van der Waals surface area contributed by atoms with Crippen LogP contribution < -0.4 is 0 Å². The first-order chi connectivity index (χ1) is 7.01. The Balaban J connectivity index is 3.28. The smallest absolute Gasteiger partial charge is 0.141 e. The van der Waals surface area contributed by atoms with Crippen LogP contribution in [0.3, 0.4) is 0 Å². The van der Waals surface area contributed by atoms with E-state index in [4.69, 9.17) is 11.1 Å². The molecule has 0 aromatic heterocycles. The van der Waals surface area contributed by atoms with Crippen molar-refractivity contribution in [2.45, 2.75) is 59.4 Å². The molecule has 1 aliphatic rings. The van der Waals surface area contributed by atoms with E-state index in [1.165, 1.54) is 11.1 Å². The van der Waals surface area contributed by atoms with E-state index in [9.17, 15) is 0 Å². The van der Waals surface area contributed by atoms with Crippen LogP contribution in [0.15, 0.2) is 22.3 Å². The van der Waals surface area contributed by atoms with Crippen molar-refractivity contribution >= 4 is 25.6 Å². The maximum absolute atomic E-state index is 6.79. The first-order valence-electron chi connectivity index (χ1n) is 6.06. The van der Waals surface area contributed by atoms with Gasteiger partial charge in [0.25, 0.3) is 0 Å². The molecule has 1 rings (SSSR count). The molecule has 1 aliphatic carbocycles. The van der Waals surface area contributed by atoms with Gasteiger partial charge in [0.05, 0.1) is 7.59 Å². The summed E-state index contributed by atoms with van der Waals surface area (Å²) >= 11 is 6.79. The molecular formula is C13H25ClSi2. The van der Waals surface area contributed by atoms with Gasteiger partial charge in [-0.1, -0.05) is 37.3 Å². The van der Waals surface area contributed by atoms with Crippen LogP contribution in [0.4, 0.5) is 0 Å². The van der Waals surface area contributed by atoms with Gasteiger partial charge in [0.2, 0.25) is 0 Å². The number of hydrogen-bond acceptors (Lipinski definition) is 0. The van der Waals surface area contributed by atoms with Gasteiger partial charge in [-0.15, -0.1) is 0 Å². The SMILES string of the molecule is CC1=C(C)C([Si](C)(C)[Si](C)(C)Cl)C(C)=C1C. The van der Waals surface area contributed by atoms with Crippen molar-refractivity contribution in [3.63, 3.8) is 0 Å². The predicted molar refractivity (Wildman–Crippen MR) is 81.3 cm³/mol. The van der Waals surface area contributed by atoms with Crippen molar-refractivity contribution in [3.05, 3.63) is 22.3 Å². The van der Waals surface area contributed by atoms with Gasteiger partial charge < -0.3 is 0 Å². The van der Waals surface area contributed by atoms with Crippen LogP contribution in [0.25, 0.3) is 0 Å². The van der Waals surface area contributed by atoms with Crippen molar-refractivity contribution < 1.29 is 0 Å². The van der Waals surface area contributed by atoms with Gasteiger partial charge in [-0.05, 0) is 44.4 Å². The molecule has 0 nitrogen and oxygen atoms in total. The number of allylic oxidation sites excluding steroid dienone is 4. The normalized spacial score (nSPS) is 20.1. The molecule has 3 heteroatoms. The summed E-state index contributed by atoms with van der Waals surface area (Å²) in [4.78, 5) is 0.